The Morgan fingerprint density at radius 3 is 2.22 bits per heavy atom. The topological polar surface area (TPSA) is 29.3 Å². The van der Waals surface area contributed by atoms with Crippen LogP contribution in [0.2, 0.25) is 0 Å². The lowest BCUT2D eigenvalue weighted by Crippen LogP contribution is -2.15. The van der Waals surface area contributed by atoms with Crippen LogP contribution in [0, 0.1) is 11.8 Å². The molecule has 0 aliphatic carbocycles. The molecule has 0 saturated heterocycles. The molecule has 2 heteroatoms. The van der Waals surface area contributed by atoms with E-state index in [0.717, 1.165) is 12.5 Å². The summed E-state index contributed by atoms with van der Waals surface area (Å²) in [6, 6.07) is 17.9. The Bertz CT molecular complexity index is 713. The number of anilines is 1. The third-order valence-corrected chi connectivity index (χ3v) is 5.14. The number of benzene rings is 2. The zero-order valence-corrected chi connectivity index (χ0v) is 17.7. The average molecular weight is 365 g/mol. The molecule has 0 aromatic heterocycles. The maximum Gasteiger partial charge on any atom is 0.0412 e. The molecule has 0 aliphatic heterocycles. The van der Waals surface area contributed by atoms with Crippen molar-refractivity contribution in [3.05, 3.63) is 66.4 Å². The summed E-state index contributed by atoms with van der Waals surface area (Å²) in [5, 5.41) is 0. The summed E-state index contributed by atoms with van der Waals surface area (Å²) in [5.41, 5.74) is 10.8. The molecule has 0 saturated carbocycles. The van der Waals surface area contributed by atoms with E-state index < -0.39 is 0 Å². The van der Waals surface area contributed by atoms with Crippen molar-refractivity contribution in [1.29, 1.82) is 0 Å². The molecule has 0 amide bonds. The Labute approximate surface area is 166 Å². The normalized spacial score (nSPS) is 12.9. The molecule has 0 heterocycles. The van der Waals surface area contributed by atoms with Gasteiger partial charge in [-0.25, -0.2) is 0 Å². The lowest BCUT2D eigenvalue weighted by molar-refractivity contribution is 0.408. The highest BCUT2D eigenvalue weighted by molar-refractivity contribution is 5.69. The molecule has 2 aromatic carbocycles. The van der Waals surface area contributed by atoms with E-state index >= 15 is 0 Å². The minimum Gasteiger partial charge on any atom is -0.349 e. The molecule has 0 bridgehead atoms. The van der Waals surface area contributed by atoms with Gasteiger partial charge in [-0.1, -0.05) is 70.2 Å². The molecule has 0 aliphatic rings. The van der Waals surface area contributed by atoms with Gasteiger partial charge in [-0.15, -0.1) is 0 Å². The number of hydrogen-bond donors (Lipinski definition) is 1. The van der Waals surface area contributed by atoms with Gasteiger partial charge in [0, 0.05) is 25.0 Å². The number of hydrogen-bond acceptors (Lipinski definition) is 2. The van der Waals surface area contributed by atoms with E-state index in [1.807, 2.05) is 6.08 Å². The van der Waals surface area contributed by atoms with Crippen LogP contribution < -0.4 is 10.6 Å². The predicted octanol–water partition coefficient (Wildman–Crippen LogP) is 6.44. The van der Waals surface area contributed by atoms with Gasteiger partial charge in [0.05, 0.1) is 0 Å². The lowest BCUT2D eigenvalue weighted by atomic mass is 9.82. The van der Waals surface area contributed by atoms with E-state index in [-0.39, 0.29) is 0 Å². The molecular formula is C25H36N2. The minimum atomic E-state index is 0.561. The fourth-order valence-electron chi connectivity index (χ4n) is 3.65. The van der Waals surface area contributed by atoms with Gasteiger partial charge >= 0.3 is 0 Å². The first-order valence-electron chi connectivity index (χ1n) is 10.3. The summed E-state index contributed by atoms with van der Waals surface area (Å²) in [7, 11) is 0. The van der Waals surface area contributed by atoms with Crippen LogP contribution in [0.3, 0.4) is 0 Å². The van der Waals surface area contributed by atoms with Crippen molar-refractivity contribution in [2.24, 2.45) is 17.6 Å². The van der Waals surface area contributed by atoms with Gasteiger partial charge in [-0.3, -0.25) is 0 Å². The van der Waals surface area contributed by atoms with Crippen LogP contribution >= 0.6 is 0 Å². The standard InChI is InChI=1S/C25H36N2/c1-6-27(16-8-15-26)24-10-7-9-23(18-24)21-11-13-22(14-12-21)25(20(4)5)17-19(2)3/h7-14,16,18-20,25H,6,15,17,26H2,1-5H3/b16-8-/t25-/m1/s1. The van der Waals surface area contributed by atoms with Crippen LogP contribution in [0.25, 0.3) is 11.1 Å². The van der Waals surface area contributed by atoms with Gasteiger partial charge in [-0.05, 0) is 59.9 Å². The Morgan fingerprint density at radius 1 is 0.963 bits per heavy atom. The minimum absolute atomic E-state index is 0.561. The summed E-state index contributed by atoms with van der Waals surface area (Å²) in [6.07, 6.45) is 5.30. The van der Waals surface area contributed by atoms with Crippen LogP contribution in [0.15, 0.2) is 60.8 Å². The van der Waals surface area contributed by atoms with Crippen LogP contribution in [-0.4, -0.2) is 13.1 Å². The first kappa shape index (κ1) is 21.2. The van der Waals surface area contributed by atoms with E-state index in [4.69, 9.17) is 5.73 Å². The van der Waals surface area contributed by atoms with Gasteiger partial charge < -0.3 is 10.6 Å². The maximum atomic E-state index is 5.61. The molecule has 0 radical (unpaired) electrons. The first-order valence-corrected chi connectivity index (χ1v) is 10.3. The summed E-state index contributed by atoms with van der Waals surface area (Å²) < 4.78 is 0. The number of rotatable bonds is 9. The quantitative estimate of drug-likeness (QED) is 0.555. The highest BCUT2D eigenvalue weighted by atomic mass is 15.1. The maximum absolute atomic E-state index is 5.61. The summed E-state index contributed by atoms with van der Waals surface area (Å²) >= 11 is 0. The van der Waals surface area contributed by atoms with E-state index in [2.05, 4.69) is 94.2 Å². The Morgan fingerprint density at radius 2 is 1.67 bits per heavy atom. The van der Waals surface area contributed by atoms with Gasteiger partial charge in [0.1, 0.15) is 0 Å². The van der Waals surface area contributed by atoms with Crippen LogP contribution in [-0.2, 0) is 0 Å². The molecule has 0 spiro atoms. The second-order valence-electron chi connectivity index (χ2n) is 8.06. The van der Waals surface area contributed by atoms with Crippen LogP contribution in [0.4, 0.5) is 5.69 Å². The van der Waals surface area contributed by atoms with E-state index in [0.29, 0.717) is 18.4 Å². The van der Waals surface area contributed by atoms with Gasteiger partial charge in [0.2, 0.25) is 0 Å². The van der Waals surface area contributed by atoms with Crippen molar-refractivity contribution in [3.8, 4) is 11.1 Å². The molecule has 0 unspecified atom stereocenters. The van der Waals surface area contributed by atoms with Crippen molar-refractivity contribution in [3.63, 3.8) is 0 Å². The molecule has 146 valence electrons. The fourth-order valence-corrected chi connectivity index (χ4v) is 3.65. The molecule has 27 heavy (non-hydrogen) atoms. The molecule has 2 rings (SSSR count). The second-order valence-corrected chi connectivity index (χ2v) is 8.06. The molecular weight excluding hydrogens is 328 g/mol. The summed E-state index contributed by atoms with van der Waals surface area (Å²) in [5.74, 6) is 2.01. The Kier molecular flexibility index (Phi) is 8.12. The number of nitrogens with two attached hydrogens (primary N) is 1. The Balaban J connectivity index is 2.26. The Hall–Kier alpha value is -2.06. The van der Waals surface area contributed by atoms with Crippen LogP contribution in [0.1, 0.15) is 52.5 Å². The second kappa shape index (κ2) is 10.3. The predicted molar refractivity (Wildman–Crippen MR) is 120 cm³/mol. The third kappa shape index (κ3) is 5.97. The van der Waals surface area contributed by atoms with E-state index in [9.17, 15) is 0 Å². The molecule has 2 N–H and O–H groups in total. The van der Waals surface area contributed by atoms with E-state index in [1.54, 1.807) is 0 Å². The van der Waals surface area contributed by atoms with Crippen LogP contribution in [0.5, 0.6) is 0 Å². The molecule has 0 fully saturated rings. The lowest BCUT2D eigenvalue weighted by Gasteiger charge is -2.23. The third-order valence-electron chi connectivity index (χ3n) is 5.14. The zero-order valence-electron chi connectivity index (χ0n) is 17.7. The van der Waals surface area contributed by atoms with Crippen molar-refractivity contribution in [2.75, 3.05) is 18.0 Å². The molecule has 2 nitrogen and oxygen atoms in total. The van der Waals surface area contributed by atoms with Gasteiger partial charge in [0.25, 0.3) is 0 Å². The average Bonchev–Trinajstić information content (AvgIpc) is 2.67. The zero-order chi connectivity index (χ0) is 19.8. The highest BCUT2D eigenvalue weighted by Gasteiger charge is 2.17. The summed E-state index contributed by atoms with van der Waals surface area (Å²) in [4.78, 5) is 2.22. The largest absolute Gasteiger partial charge is 0.349 e. The molecule has 2 aromatic rings. The van der Waals surface area contributed by atoms with E-state index in [1.165, 1.54) is 28.8 Å². The van der Waals surface area contributed by atoms with Gasteiger partial charge in [-0.2, -0.15) is 0 Å². The summed E-state index contributed by atoms with van der Waals surface area (Å²) in [6.45, 7) is 12.9. The van der Waals surface area contributed by atoms with Gasteiger partial charge in [0.15, 0.2) is 0 Å². The van der Waals surface area contributed by atoms with Crippen molar-refractivity contribution >= 4 is 5.69 Å². The highest BCUT2D eigenvalue weighted by Crippen LogP contribution is 2.33. The van der Waals surface area contributed by atoms with Crippen molar-refractivity contribution in [1.82, 2.24) is 0 Å². The molecule has 1 atom stereocenters. The smallest absolute Gasteiger partial charge is 0.0412 e. The van der Waals surface area contributed by atoms with Crippen molar-refractivity contribution < 1.29 is 0 Å². The number of nitrogens with zero attached hydrogens (tertiary/aromatic N) is 1. The fraction of sp³-hybridized carbons (Fsp3) is 0.440. The first-order chi connectivity index (χ1) is 13.0. The SMILES string of the molecule is CCN(/C=C\CN)c1cccc(-c2ccc([C@H](CC(C)C)C(C)C)cc2)c1. The van der Waals surface area contributed by atoms with Crippen molar-refractivity contribution in [2.45, 2.75) is 47.0 Å². The monoisotopic (exact) mass is 364 g/mol.